The fourth-order valence-corrected chi connectivity index (χ4v) is 1.62. The van der Waals surface area contributed by atoms with E-state index >= 15 is 0 Å². The number of hydrogen-bond acceptors (Lipinski definition) is 6. The molecule has 9 heteroatoms. The van der Waals surface area contributed by atoms with Crippen molar-refractivity contribution in [1.29, 1.82) is 0 Å². The number of carbonyl (C=O) groups excluding carboxylic acids is 2. The predicted molar refractivity (Wildman–Crippen MR) is 61.8 cm³/mol. The molecular weight excluding hydrogens is 284 g/mol. The average Bonchev–Trinajstić information content (AvgIpc) is 2.27. The van der Waals surface area contributed by atoms with Crippen LogP contribution in [0, 0.1) is 0 Å². The zero-order chi connectivity index (χ0) is 13.6. The second-order valence-electron chi connectivity index (χ2n) is 3.26. The molecule has 0 aromatic carbocycles. The number of halogens is 1. The Morgan fingerprint density at radius 3 is 2.17 bits per heavy atom. The molecule has 0 saturated heterocycles. The van der Waals surface area contributed by atoms with Gasteiger partial charge in [0.25, 0.3) is 0 Å². The standard InChI is InChI=1S/C9H15N2O5S.ClH/c1-5-7(12)8(10-2)9(13)17(14,15)16-6-11(3)4;/h6H,5H2,1-4H3;1H/q+1;/p-1. The summed E-state index contributed by atoms with van der Waals surface area (Å²) >= 11 is 0. The molecule has 0 unspecified atom stereocenters. The van der Waals surface area contributed by atoms with Crippen LogP contribution < -0.4 is 12.4 Å². The van der Waals surface area contributed by atoms with Crippen LogP contribution in [0.5, 0.6) is 0 Å². The van der Waals surface area contributed by atoms with Gasteiger partial charge in [0.15, 0.2) is 11.5 Å². The molecule has 0 aromatic rings. The van der Waals surface area contributed by atoms with Crippen LogP contribution in [0.25, 0.3) is 0 Å². The normalized spacial score (nSPS) is 11.2. The van der Waals surface area contributed by atoms with Gasteiger partial charge in [0, 0.05) is 13.5 Å². The molecule has 0 spiro atoms. The van der Waals surface area contributed by atoms with Gasteiger partial charge in [-0.15, -0.1) is 0 Å². The van der Waals surface area contributed by atoms with Gasteiger partial charge >= 0.3 is 21.6 Å². The third-order valence-electron chi connectivity index (χ3n) is 1.61. The summed E-state index contributed by atoms with van der Waals surface area (Å²) in [6.07, 6.45) is 0.836. The van der Waals surface area contributed by atoms with Gasteiger partial charge in [0.2, 0.25) is 0 Å². The fraction of sp³-hybridized carbons (Fsp3) is 0.556. The summed E-state index contributed by atoms with van der Waals surface area (Å²) in [5.74, 6) is -0.644. The molecular formula is C9H15ClN2O5S. The Hall–Kier alpha value is -1.28. The Morgan fingerprint density at radius 1 is 1.33 bits per heavy atom. The van der Waals surface area contributed by atoms with E-state index in [9.17, 15) is 18.0 Å². The van der Waals surface area contributed by atoms with Gasteiger partial charge in [-0.3, -0.25) is 14.6 Å². The largest absolute Gasteiger partial charge is 1.00 e. The molecule has 0 aliphatic heterocycles. The SMILES string of the molecule is CCC(=O)C(=NC)C(=O)S(=O)(=O)OC=[N+](C)C.[Cl-]. The molecule has 18 heavy (non-hydrogen) atoms. The summed E-state index contributed by atoms with van der Waals surface area (Å²) in [6.45, 7) is 1.50. The lowest BCUT2D eigenvalue weighted by atomic mass is 10.2. The second-order valence-corrected chi connectivity index (χ2v) is 4.73. The minimum atomic E-state index is -4.51. The fourth-order valence-electron chi connectivity index (χ4n) is 0.802. The molecule has 0 rings (SSSR count). The number of Topliss-reactive ketones (excluding diaryl/α,β-unsaturated/α-hetero) is 1. The average molecular weight is 299 g/mol. The predicted octanol–water partition coefficient (Wildman–Crippen LogP) is -3.79. The first-order chi connectivity index (χ1) is 7.76. The Bertz CT molecular complexity index is 477. The summed E-state index contributed by atoms with van der Waals surface area (Å²) in [5.41, 5.74) is -0.625. The molecule has 0 radical (unpaired) electrons. The van der Waals surface area contributed by atoms with Gasteiger partial charge in [-0.05, 0) is 0 Å². The topological polar surface area (TPSA) is 92.9 Å². The number of rotatable bonds is 5. The van der Waals surface area contributed by atoms with E-state index in [2.05, 4.69) is 9.18 Å². The summed E-state index contributed by atoms with van der Waals surface area (Å²) in [7, 11) is -0.297. The minimum Gasteiger partial charge on any atom is -1.00 e. The molecule has 7 nitrogen and oxygen atoms in total. The van der Waals surface area contributed by atoms with E-state index in [1.54, 1.807) is 0 Å². The Balaban J connectivity index is 0. The highest BCUT2D eigenvalue weighted by molar-refractivity contribution is 8.04. The van der Waals surface area contributed by atoms with Gasteiger partial charge in [0.05, 0.1) is 0 Å². The summed E-state index contributed by atoms with van der Waals surface area (Å²) in [5, 5.41) is -1.43. The number of hydrogen-bond donors (Lipinski definition) is 0. The highest BCUT2D eigenvalue weighted by atomic mass is 35.5. The Labute approximate surface area is 112 Å². The van der Waals surface area contributed by atoms with E-state index in [0.717, 1.165) is 6.40 Å². The summed E-state index contributed by atoms with van der Waals surface area (Å²) < 4.78 is 28.4. The van der Waals surface area contributed by atoms with Crippen LogP contribution in [0.2, 0.25) is 0 Å². The van der Waals surface area contributed by atoms with Gasteiger partial charge in [-0.1, -0.05) is 6.92 Å². The van der Waals surface area contributed by atoms with Gasteiger partial charge in [-0.25, -0.2) is 4.58 Å². The monoisotopic (exact) mass is 298 g/mol. The zero-order valence-corrected chi connectivity index (χ0v) is 12.1. The lowest BCUT2D eigenvalue weighted by molar-refractivity contribution is -0.466. The molecule has 0 aliphatic carbocycles. The van der Waals surface area contributed by atoms with E-state index in [1.165, 1.54) is 32.6 Å². The van der Waals surface area contributed by atoms with Crippen molar-refractivity contribution in [2.75, 3.05) is 21.1 Å². The number of ketones is 1. The first kappa shape index (κ1) is 19.1. The van der Waals surface area contributed by atoms with Crippen LogP contribution >= 0.6 is 0 Å². The first-order valence-corrected chi connectivity index (χ1v) is 6.14. The molecule has 0 fully saturated rings. The maximum absolute atomic E-state index is 11.5. The quantitative estimate of drug-likeness (QED) is 0.171. The molecule has 104 valence electrons. The van der Waals surface area contributed by atoms with E-state index in [-0.39, 0.29) is 18.8 Å². The van der Waals surface area contributed by atoms with Crippen LogP contribution in [-0.4, -0.2) is 57.1 Å². The molecule has 0 aromatic heterocycles. The highest BCUT2D eigenvalue weighted by Gasteiger charge is 2.32. The number of nitrogens with zero attached hydrogens (tertiary/aromatic N) is 2. The summed E-state index contributed by atoms with van der Waals surface area (Å²) in [4.78, 5) is 26.2. The second kappa shape index (κ2) is 7.93. The van der Waals surface area contributed by atoms with Crippen molar-refractivity contribution >= 4 is 33.1 Å². The first-order valence-electron chi connectivity index (χ1n) is 4.73. The molecule has 0 atom stereocenters. The van der Waals surface area contributed by atoms with Crippen molar-refractivity contribution in [2.45, 2.75) is 13.3 Å². The molecule has 0 heterocycles. The van der Waals surface area contributed by atoms with Crippen molar-refractivity contribution in [3.63, 3.8) is 0 Å². The van der Waals surface area contributed by atoms with Gasteiger partial charge in [-0.2, -0.15) is 8.42 Å². The highest BCUT2D eigenvalue weighted by Crippen LogP contribution is 1.99. The van der Waals surface area contributed by atoms with Crippen LogP contribution in [-0.2, 0) is 23.9 Å². The Morgan fingerprint density at radius 2 is 1.83 bits per heavy atom. The van der Waals surface area contributed by atoms with Crippen molar-refractivity contribution in [2.24, 2.45) is 4.99 Å². The zero-order valence-electron chi connectivity index (χ0n) is 10.5. The molecule has 0 bridgehead atoms. The van der Waals surface area contributed by atoms with E-state index in [1.807, 2.05) is 0 Å². The van der Waals surface area contributed by atoms with E-state index in [0.29, 0.717) is 0 Å². The van der Waals surface area contributed by atoms with Crippen molar-refractivity contribution in [3.05, 3.63) is 0 Å². The van der Waals surface area contributed by atoms with Gasteiger partial charge < -0.3 is 16.6 Å². The van der Waals surface area contributed by atoms with Crippen molar-refractivity contribution in [1.82, 2.24) is 0 Å². The number of carbonyl (C=O) groups is 2. The smallest absolute Gasteiger partial charge is 0.384 e. The lowest BCUT2D eigenvalue weighted by Gasteiger charge is -2.01. The van der Waals surface area contributed by atoms with Crippen LogP contribution in [0.15, 0.2) is 4.99 Å². The minimum absolute atomic E-state index is 0. The number of aliphatic imine (C=N–C) groups is 1. The molecule has 0 saturated carbocycles. The van der Waals surface area contributed by atoms with Gasteiger partial charge in [0.1, 0.15) is 14.1 Å². The maximum atomic E-state index is 11.5. The Kier molecular flexibility index (Phi) is 8.41. The van der Waals surface area contributed by atoms with Crippen molar-refractivity contribution in [3.8, 4) is 0 Å². The van der Waals surface area contributed by atoms with Crippen LogP contribution in [0.1, 0.15) is 13.3 Å². The van der Waals surface area contributed by atoms with E-state index in [4.69, 9.17) is 0 Å². The summed E-state index contributed by atoms with van der Waals surface area (Å²) in [6, 6.07) is 0. The maximum Gasteiger partial charge on any atom is 0.384 e. The third kappa shape index (κ3) is 5.37. The molecule has 0 N–H and O–H groups in total. The lowest BCUT2D eigenvalue weighted by Crippen LogP contribution is -3.00. The van der Waals surface area contributed by atoms with Crippen LogP contribution in [0.3, 0.4) is 0 Å². The third-order valence-corrected chi connectivity index (χ3v) is 2.60. The molecule has 0 amide bonds. The van der Waals surface area contributed by atoms with Crippen molar-refractivity contribution < 1.29 is 39.2 Å². The van der Waals surface area contributed by atoms with E-state index < -0.39 is 26.7 Å². The molecule has 0 aliphatic rings. The van der Waals surface area contributed by atoms with Crippen LogP contribution in [0.4, 0.5) is 0 Å².